The van der Waals surface area contributed by atoms with Crippen LogP contribution in [0.5, 0.6) is 0 Å². The van der Waals surface area contributed by atoms with E-state index in [1.54, 1.807) is 0 Å². The zero-order valence-corrected chi connectivity index (χ0v) is 11.7. The average Bonchev–Trinajstić information content (AvgIpc) is 2.34. The normalized spacial score (nSPS) is 12.7. The summed E-state index contributed by atoms with van der Waals surface area (Å²) in [4.78, 5) is 23.1. The summed E-state index contributed by atoms with van der Waals surface area (Å²) in [5, 5.41) is 14.3. The van der Waals surface area contributed by atoms with Crippen LogP contribution in [0, 0.1) is 11.2 Å². The van der Waals surface area contributed by atoms with E-state index < -0.39 is 29.2 Å². The minimum atomic E-state index is -0.906. The number of anilines is 1. The SMILES string of the molecule is CC(C)(C)C(O)CNC(=O)C(=O)Nc1cccc(F)c1. The Kier molecular flexibility index (Phi) is 5.21. The monoisotopic (exact) mass is 282 g/mol. The lowest BCUT2D eigenvalue weighted by atomic mass is 9.89. The van der Waals surface area contributed by atoms with E-state index in [1.165, 1.54) is 18.2 Å². The lowest BCUT2D eigenvalue weighted by Gasteiger charge is -2.25. The molecule has 1 atom stereocenters. The molecule has 6 heteroatoms. The Balaban J connectivity index is 2.50. The number of carbonyl (C=O) groups excluding carboxylic acids is 2. The van der Waals surface area contributed by atoms with Crippen molar-refractivity contribution >= 4 is 17.5 Å². The van der Waals surface area contributed by atoms with Gasteiger partial charge in [0, 0.05) is 12.2 Å². The summed E-state index contributed by atoms with van der Waals surface area (Å²) in [6.07, 6.45) is -0.770. The van der Waals surface area contributed by atoms with E-state index in [0.717, 1.165) is 6.07 Å². The number of halogens is 1. The van der Waals surface area contributed by atoms with E-state index in [0.29, 0.717) is 0 Å². The second-order valence-corrected chi connectivity index (χ2v) is 5.56. The van der Waals surface area contributed by atoms with Crippen LogP contribution in [-0.2, 0) is 9.59 Å². The maximum absolute atomic E-state index is 12.9. The molecule has 0 radical (unpaired) electrons. The summed E-state index contributed by atoms with van der Waals surface area (Å²) in [6, 6.07) is 5.23. The van der Waals surface area contributed by atoms with E-state index in [9.17, 15) is 19.1 Å². The number of hydrogen-bond donors (Lipinski definition) is 3. The Morgan fingerprint density at radius 3 is 2.50 bits per heavy atom. The van der Waals surface area contributed by atoms with E-state index >= 15 is 0 Å². The summed E-state index contributed by atoms with van der Waals surface area (Å²) in [5.74, 6) is -2.29. The van der Waals surface area contributed by atoms with E-state index in [1.807, 2.05) is 20.8 Å². The van der Waals surface area contributed by atoms with Crippen LogP contribution in [0.1, 0.15) is 20.8 Å². The summed E-state index contributed by atoms with van der Waals surface area (Å²) in [5.41, 5.74) is -0.201. The van der Waals surface area contributed by atoms with Gasteiger partial charge in [-0.15, -0.1) is 0 Å². The van der Waals surface area contributed by atoms with Crippen molar-refractivity contribution in [2.45, 2.75) is 26.9 Å². The molecule has 0 aliphatic heterocycles. The van der Waals surface area contributed by atoms with Gasteiger partial charge in [0.2, 0.25) is 0 Å². The maximum Gasteiger partial charge on any atom is 0.313 e. The quantitative estimate of drug-likeness (QED) is 0.731. The lowest BCUT2D eigenvalue weighted by molar-refractivity contribution is -0.136. The maximum atomic E-state index is 12.9. The first-order valence-corrected chi connectivity index (χ1v) is 6.23. The first kappa shape index (κ1) is 16.1. The van der Waals surface area contributed by atoms with Gasteiger partial charge in [-0.05, 0) is 23.6 Å². The molecule has 0 heterocycles. The molecule has 1 aromatic carbocycles. The Morgan fingerprint density at radius 1 is 1.30 bits per heavy atom. The number of aliphatic hydroxyl groups is 1. The molecule has 1 rings (SSSR count). The highest BCUT2D eigenvalue weighted by Crippen LogP contribution is 2.18. The predicted molar refractivity (Wildman–Crippen MR) is 73.5 cm³/mol. The Morgan fingerprint density at radius 2 is 1.95 bits per heavy atom. The second-order valence-electron chi connectivity index (χ2n) is 5.56. The Labute approximate surface area is 117 Å². The van der Waals surface area contributed by atoms with Gasteiger partial charge in [0.15, 0.2) is 0 Å². The van der Waals surface area contributed by atoms with Crippen molar-refractivity contribution < 1.29 is 19.1 Å². The molecule has 1 unspecified atom stereocenters. The fourth-order valence-corrected chi connectivity index (χ4v) is 1.33. The van der Waals surface area contributed by atoms with Crippen molar-refractivity contribution in [3.8, 4) is 0 Å². The standard InChI is InChI=1S/C14H19FN2O3/c1-14(2,3)11(18)8-16-12(19)13(20)17-10-6-4-5-9(15)7-10/h4-7,11,18H,8H2,1-3H3,(H,16,19)(H,17,20). The van der Waals surface area contributed by atoms with Crippen LogP contribution in [0.25, 0.3) is 0 Å². The number of benzene rings is 1. The number of carbonyl (C=O) groups is 2. The van der Waals surface area contributed by atoms with Gasteiger partial charge in [-0.1, -0.05) is 26.8 Å². The number of hydrogen-bond acceptors (Lipinski definition) is 3. The molecule has 3 N–H and O–H groups in total. The molecule has 20 heavy (non-hydrogen) atoms. The molecule has 0 saturated carbocycles. The molecule has 0 bridgehead atoms. The average molecular weight is 282 g/mol. The molecule has 110 valence electrons. The zero-order chi connectivity index (χ0) is 15.3. The highest BCUT2D eigenvalue weighted by Gasteiger charge is 2.23. The van der Waals surface area contributed by atoms with Crippen LogP contribution in [0.2, 0.25) is 0 Å². The summed E-state index contributed by atoms with van der Waals surface area (Å²) >= 11 is 0. The van der Waals surface area contributed by atoms with Crippen molar-refractivity contribution in [1.82, 2.24) is 5.32 Å². The molecule has 5 nitrogen and oxygen atoms in total. The number of rotatable bonds is 3. The van der Waals surface area contributed by atoms with Crippen molar-refractivity contribution in [1.29, 1.82) is 0 Å². The van der Waals surface area contributed by atoms with Gasteiger partial charge in [-0.3, -0.25) is 9.59 Å². The van der Waals surface area contributed by atoms with Gasteiger partial charge < -0.3 is 15.7 Å². The molecule has 0 aliphatic carbocycles. The first-order valence-electron chi connectivity index (χ1n) is 6.23. The molecular weight excluding hydrogens is 263 g/mol. The second kappa shape index (κ2) is 6.47. The predicted octanol–water partition coefficient (Wildman–Crippen LogP) is 1.29. The van der Waals surface area contributed by atoms with Gasteiger partial charge in [0.25, 0.3) is 0 Å². The van der Waals surface area contributed by atoms with E-state index in [-0.39, 0.29) is 12.2 Å². The van der Waals surface area contributed by atoms with Crippen molar-refractivity contribution in [2.75, 3.05) is 11.9 Å². The summed E-state index contributed by atoms with van der Waals surface area (Å²) in [6.45, 7) is 5.42. The van der Waals surface area contributed by atoms with Gasteiger partial charge in [-0.2, -0.15) is 0 Å². The lowest BCUT2D eigenvalue weighted by Crippen LogP contribution is -2.43. The minimum Gasteiger partial charge on any atom is -0.391 e. The summed E-state index contributed by atoms with van der Waals surface area (Å²) < 4.78 is 12.9. The highest BCUT2D eigenvalue weighted by molar-refractivity contribution is 6.39. The zero-order valence-electron chi connectivity index (χ0n) is 11.7. The summed E-state index contributed by atoms with van der Waals surface area (Å²) in [7, 11) is 0. The molecule has 0 spiro atoms. The third kappa shape index (κ3) is 4.97. The smallest absolute Gasteiger partial charge is 0.313 e. The molecule has 1 aromatic rings. The van der Waals surface area contributed by atoms with Crippen LogP contribution >= 0.6 is 0 Å². The third-order valence-corrected chi connectivity index (χ3v) is 2.74. The van der Waals surface area contributed by atoms with Crippen molar-refractivity contribution in [3.05, 3.63) is 30.1 Å². The number of nitrogens with one attached hydrogen (secondary N) is 2. The van der Waals surface area contributed by atoms with Gasteiger partial charge in [0.05, 0.1) is 6.10 Å². The Bertz CT molecular complexity index is 497. The molecule has 2 amide bonds. The van der Waals surface area contributed by atoms with Crippen LogP contribution in [0.3, 0.4) is 0 Å². The van der Waals surface area contributed by atoms with Crippen LogP contribution in [0.15, 0.2) is 24.3 Å². The van der Waals surface area contributed by atoms with Gasteiger partial charge >= 0.3 is 11.8 Å². The van der Waals surface area contributed by atoms with Gasteiger partial charge in [0.1, 0.15) is 5.82 Å². The fourth-order valence-electron chi connectivity index (χ4n) is 1.33. The van der Waals surface area contributed by atoms with Crippen LogP contribution in [0.4, 0.5) is 10.1 Å². The van der Waals surface area contributed by atoms with Gasteiger partial charge in [-0.25, -0.2) is 4.39 Å². The molecular formula is C14H19FN2O3. The van der Waals surface area contributed by atoms with Crippen LogP contribution in [-0.4, -0.2) is 29.6 Å². The molecule has 0 aromatic heterocycles. The van der Waals surface area contributed by atoms with Crippen molar-refractivity contribution in [3.63, 3.8) is 0 Å². The molecule has 0 aliphatic rings. The van der Waals surface area contributed by atoms with Crippen LogP contribution < -0.4 is 10.6 Å². The fraction of sp³-hybridized carbons (Fsp3) is 0.429. The first-order chi connectivity index (χ1) is 9.20. The number of amides is 2. The van der Waals surface area contributed by atoms with E-state index in [2.05, 4.69) is 10.6 Å². The minimum absolute atomic E-state index is 0.0289. The van der Waals surface area contributed by atoms with E-state index in [4.69, 9.17) is 0 Å². The third-order valence-electron chi connectivity index (χ3n) is 2.74. The molecule has 0 fully saturated rings. The molecule has 0 saturated heterocycles. The Hall–Kier alpha value is -1.95. The number of aliphatic hydroxyl groups excluding tert-OH is 1. The highest BCUT2D eigenvalue weighted by atomic mass is 19.1. The van der Waals surface area contributed by atoms with Crippen molar-refractivity contribution in [2.24, 2.45) is 5.41 Å². The largest absolute Gasteiger partial charge is 0.391 e. The topological polar surface area (TPSA) is 78.4 Å².